The zero-order valence-electron chi connectivity index (χ0n) is 16.4. The fraction of sp³-hybridized carbons (Fsp3) is 0.550. The lowest BCUT2D eigenvalue weighted by molar-refractivity contribution is 0.0932. The average Bonchev–Trinajstić information content (AvgIpc) is 3.08. The monoisotopic (exact) mass is 388 g/mol. The summed E-state index contributed by atoms with van der Waals surface area (Å²) in [5.41, 5.74) is 0.495. The Bertz CT molecular complexity index is 831. The van der Waals surface area contributed by atoms with Crippen LogP contribution in [0.5, 0.6) is 5.75 Å². The molecule has 3 rings (SSSR count). The van der Waals surface area contributed by atoms with Crippen LogP contribution in [0.1, 0.15) is 49.3 Å². The van der Waals surface area contributed by atoms with Crippen LogP contribution in [-0.2, 0) is 6.42 Å². The molecule has 2 heterocycles. The Hall–Kier alpha value is -2.61. The lowest BCUT2D eigenvalue weighted by Crippen LogP contribution is -2.40. The van der Waals surface area contributed by atoms with Crippen LogP contribution in [0.15, 0.2) is 33.6 Å². The summed E-state index contributed by atoms with van der Waals surface area (Å²) in [6.07, 6.45) is 4.13. The fourth-order valence-electron chi connectivity index (χ4n) is 3.53. The summed E-state index contributed by atoms with van der Waals surface area (Å²) in [5.74, 6) is 0.153. The predicted octanol–water partition coefficient (Wildman–Crippen LogP) is 1.98. The number of nitrogens with zero attached hydrogens (tertiary/aromatic N) is 2. The maximum atomic E-state index is 12.7. The van der Waals surface area contributed by atoms with Gasteiger partial charge >= 0.3 is 5.76 Å². The predicted molar refractivity (Wildman–Crippen MR) is 105 cm³/mol. The van der Waals surface area contributed by atoms with Gasteiger partial charge < -0.3 is 10.1 Å². The number of para-hydroxylation sites is 1. The minimum Gasteiger partial charge on any atom is -0.491 e. The summed E-state index contributed by atoms with van der Waals surface area (Å²) in [6.45, 7) is 6.60. The average molecular weight is 388 g/mol. The molecule has 1 aromatic carbocycles. The highest BCUT2D eigenvalue weighted by Crippen LogP contribution is 2.19. The Morgan fingerprint density at radius 2 is 2.25 bits per heavy atom. The van der Waals surface area contributed by atoms with Gasteiger partial charge in [-0.3, -0.25) is 19.2 Å². The van der Waals surface area contributed by atoms with Crippen LogP contribution in [0.2, 0.25) is 0 Å². The number of piperidine rings is 1. The van der Waals surface area contributed by atoms with Crippen molar-refractivity contribution < 1.29 is 14.1 Å². The number of amides is 1. The van der Waals surface area contributed by atoms with Crippen molar-refractivity contribution in [2.45, 2.75) is 51.6 Å². The van der Waals surface area contributed by atoms with Crippen molar-refractivity contribution >= 4 is 5.91 Å². The maximum absolute atomic E-state index is 12.7. The van der Waals surface area contributed by atoms with E-state index < -0.39 is 5.76 Å². The van der Waals surface area contributed by atoms with Gasteiger partial charge in [0.1, 0.15) is 12.4 Å². The SMILES string of the molecule is CC(Cc1noc(=O)[nH]1)NC(=O)c1ccccc1OCCN1CCCCC1C. The quantitative estimate of drug-likeness (QED) is 0.717. The molecule has 0 aliphatic carbocycles. The minimum atomic E-state index is -0.602. The summed E-state index contributed by atoms with van der Waals surface area (Å²) >= 11 is 0. The number of H-pyrrole nitrogens is 1. The summed E-state index contributed by atoms with van der Waals surface area (Å²) in [7, 11) is 0. The largest absolute Gasteiger partial charge is 0.491 e. The van der Waals surface area contributed by atoms with E-state index in [1.807, 2.05) is 25.1 Å². The summed E-state index contributed by atoms with van der Waals surface area (Å²) < 4.78 is 10.4. The standard InChI is InChI=1S/C20H28N4O4/c1-14(13-18-22-20(26)28-23-18)21-19(25)16-8-3-4-9-17(16)27-12-11-24-10-6-5-7-15(24)2/h3-4,8-9,14-15H,5-7,10-13H2,1-2H3,(H,21,25)(H,22,23,26). The van der Waals surface area contributed by atoms with Crippen molar-refractivity contribution in [3.05, 3.63) is 46.2 Å². The third-order valence-corrected chi connectivity index (χ3v) is 5.07. The number of likely N-dealkylation sites (tertiary alicyclic amines) is 1. The lowest BCUT2D eigenvalue weighted by Gasteiger charge is -2.33. The van der Waals surface area contributed by atoms with Crippen LogP contribution >= 0.6 is 0 Å². The van der Waals surface area contributed by atoms with E-state index in [1.54, 1.807) is 6.07 Å². The highest BCUT2D eigenvalue weighted by molar-refractivity contribution is 5.97. The van der Waals surface area contributed by atoms with Crippen LogP contribution in [0, 0.1) is 0 Å². The van der Waals surface area contributed by atoms with Gasteiger partial charge in [0.15, 0.2) is 5.82 Å². The van der Waals surface area contributed by atoms with Crippen molar-refractivity contribution in [3.8, 4) is 5.75 Å². The number of carbonyl (C=O) groups excluding carboxylic acids is 1. The van der Waals surface area contributed by atoms with Crippen LogP contribution in [0.3, 0.4) is 0 Å². The van der Waals surface area contributed by atoms with Gasteiger partial charge in [-0.25, -0.2) is 4.79 Å². The van der Waals surface area contributed by atoms with Gasteiger partial charge in [-0.2, -0.15) is 0 Å². The van der Waals surface area contributed by atoms with Crippen molar-refractivity contribution in [2.75, 3.05) is 19.7 Å². The van der Waals surface area contributed by atoms with Gasteiger partial charge in [0.2, 0.25) is 0 Å². The fourth-order valence-corrected chi connectivity index (χ4v) is 3.53. The molecule has 1 fully saturated rings. The van der Waals surface area contributed by atoms with Gasteiger partial charge in [0.25, 0.3) is 5.91 Å². The van der Waals surface area contributed by atoms with E-state index in [-0.39, 0.29) is 11.9 Å². The molecule has 1 saturated heterocycles. The van der Waals surface area contributed by atoms with Gasteiger partial charge in [-0.15, -0.1) is 0 Å². The lowest BCUT2D eigenvalue weighted by atomic mass is 10.0. The van der Waals surface area contributed by atoms with E-state index in [2.05, 4.69) is 31.8 Å². The number of hydrogen-bond acceptors (Lipinski definition) is 6. The van der Waals surface area contributed by atoms with Crippen molar-refractivity contribution in [1.82, 2.24) is 20.4 Å². The van der Waals surface area contributed by atoms with E-state index in [4.69, 9.17) is 4.74 Å². The molecular weight excluding hydrogens is 360 g/mol. The number of aromatic amines is 1. The Morgan fingerprint density at radius 3 is 3.00 bits per heavy atom. The van der Waals surface area contributed by atoms with Crippen LogP contribution in [0.25, 0.3) is 0 Å². The van der Waals surface area contributed by atoms with Crippen LogP contribution in [-0.4, -0.2) is 52.7 Å². The van der Waals surface area contributed by atoms with E-state index >= 15 is 0 Å². The number of ether oxygens (including phenoxy) is 1. The number of hydrogen-bond donors (Lipinski definition) is 2. The first-order valence-electron chi connectivity index (χ1n) is 9.84. The second kappa shape index (κ2) is 9.54. The molecule has 1 aliphatic heterocycles. The molecule has 2 aromatic rings. The smallest absolute Gasteiger partial charge is 0.438 e. The Kier molecular flexibility index (Phi) is 6.86. The summed E-state index contributed by atoms with van der Waals surface area (Å²) in [6, 6.07) is 7.59. The number of rotatable bonds is 8. The molecule has 0 spiro atoms. The van der Waals surface area contributed by atoms with E-state index in [0.717, 1.165) is 13.1 Å². The minimum absolute atomic E-state index is 0.222. The maximum Gasteiger partial charge on any atom is 0.438 e. The van der Waals surface area contributed by atoms with Crippen molar-refractivity contribution in [3.63, 3.8) is 0 Å². The Labute approximate surface area is 164 Å². The molecule has 8 nitrogen and oxygen atoms in total. The molecule has 152 valence electrons. The first-order valence-corrected chi connectivity index (χ1v) is 9.84. The zero-order chi connectivity index (χ0) is 19.9. The number of carbonyl (C=O) groups is 1. The molecule has 28 heavy (non-hydrogen) atoms. The van der Waals surface area contributed by atoms with E-state index in [0.29, 0.717) is 36.2 Å². The number of nitrogens with one attached hydrogen (secondary N) is 2. The molecule has 2 atom stereocenters. The normalized spacial score (nSPS) is 18.6. The molecular formula is C20H28N4O4. The first kappa shape index (κ1) is 20.1. The van der Waals surface area contributed by atoms with Gasteiger partial charge in [0.05, 0.1) is 5.56 Å². The summed E-state index contributed by atoms with van der Waals surface area (Å²) in [4.78, 5) is 28.6. The Balaban J connectivity index is 1.54. The second-order valence-electron chi connectivity index (χ2n) is 7.35. The molecule has 1 amide bonds. The van der Waals surface area contributed by atoms with E-state index in [1.165, 1.54) is 19.3 Å². The molecule has 0 bridgehead atoms. The molecule has 2 N–H and O–H groups in total. The van der Waals surface area contributed by atoms with Crippen molar-refractivity contribution in [2.24, 2.45) is 0 Å². The summed E-state index contributed by atoms with van der Waals surface area (Å²) in [5, 5.41) is 6.53. The molecule has 0 radical (unpaired) electrons. The zero-order valence-corrected chi connectivity index (χ0v) is 16.4. The molecule has 0 saturated carbocycles. The molecule has 2 unspecified atom stereocenters. The number of benzene rings is 1. The number of aromatic nitrogens is 2. The highest BCUT2D eigenvalue weighted by atomic mass is 16.5. The molecule has 8 heteroatoms. The Morgan fingerprint density at radius 1 is 1.43 bits per heavy atom. The van der Waals surface area contributed by atoms with Crippen LogP contribution < -0.4 is 15.8 Å². The van der Waals surface area contributed by atoms with Crippen LogP contribution in [0.4, 0.5) is 0 Å². The topological polar surface area (TPSA) is 100 Å². The van der Waals surface area contributed by atoms with E-state index in [9.17, 15) is 9.59 Å². The van der Waals surface area contributed by atoms with Gasteiger partial charge in [0, 0.05) is 25.0 Å². The molecule has 1 aromatic heterocycles. The van der Waals surface area contributed by atoms with Gasteiger partial charge in [-0.1, -0.05) is 23.7 Å². The highest BCUT2D eigenvalue weighted by Gasteiger charge is 2.19. The molecule has 1 aliphatic rings. The second-order valence-corrected chi connectivity index (χ2v) is 7.35. The van der Waals surface area contributed by atoms with Gasteiger partial charge in [-0.05, 0) is 45.4 Å². The first-order chi connectivity index (χ1) is 13.5. The third kappa shape index (κ3) is 5.45. The van der Waals surface area contributed by atoms with Crippen molar-refractivity contribution in [1.29, 1.82) is 0 Å². The third-order valence-electron chi connectivity index (χ3n) is 5.07.